The van der Waals surface area contributed by atoms with Crippen LogP contribution in [0.2, 0.25) is 23.2 Å². The number of halogens is 1. The molecule has 4 nitrogen and oxygen atoms in total. The number of hydrogen-bond donors (Lipinski definition) is 2. The zero-order chi connectivity index (χ0) is 18.0. The van der Waals surface area contributed by atoms with Gasteiger partial charge in [-0.25, -0.2) is 4.98 Å². The van der Waals surface area contributed by atoms with Gasteiger partial charge in [0.05, 0.1) is 18.9 Å². The molecule has 0 radical (unpaired) electrons. The smallest absolute Gasteiger partial charge is 0.192 e. The molecule has 0 amide bonds. The number of nitrogens with one attached hydrogen (secondary N) is 1. The van der Waals surface area contributed by atoms with Crippen molar-refractivity contribution in [3.8, 4) is 0 Å². The molecule has 0 aliphatic rings. The summed E-state index contributed by atoms with van der Waals surface area (Å²) in [6.07, 6.45) is 0. The molecule has 132 valence electrons. The van der Waals surface area contributed by atoms with Gasteiger partial charge in [-0.3, -0.25) is 0 Å². The van der Waals surface area contributed by atoms with E-state index >= 15 is 0 Å². The largest absolute Gasteiger partial charge is 0.409 e. The van der Waals surface area contributed by atoms with Crippen LogP contribution in [0.4, 0.5) is 0 Å². The highest BCUT2D eigenvalue weighted by atomic mass is 35.5. The Balaban J connectivity index is 2.12. The van der Waals surface area contributed by atoms with E-state index in [9.17, 15) is 5.11 Å². The molecule has 0 bridgehead atoms. The molecular weight excluding hydrogens is 360 g/mol. The van der Waals surface area contributed by atoms with Crippen molar-refractivity contribution in [3.05, 3.63) is 40.8 Å². The third kappa shape index (κ3) is 4.86. The number of hydrogen-bond acceptors (Lipinski definition) is 4. The van der Waals surface area contributed by atoms with Crippen molar-refractivity contribution in [1.82, 2.24) is 9.97 Å². The quantitative estimate of drug-likeness (QED) is 0.669. The van der Waals surface area contributed by atoms with Crippen LogP contribution in [-0.4, -0.2) is 23.4 Å². The van der Waals surface area contributed by atoms with Crippen LogP contribution in [0, 0.1) is 0 Å². The summed E-state index contributed by atoms with van der Waals surface area (Å²) in [6, 6.07) is 7.59. The standard InChI is InChI=1S/C17H25ClN2O2SSi/c1-17(2,3)24(4,5)22-11-15-19-14(10-21)16(20-15)23-13-8-6-7-12(18)9-13/h6-9,21H,10-11H2,1-5H3,(H,19,20). The highest BCUT2D eigenvalue weighted by Gasteiger charge is 2.37. The third-order valence-corrected chi connectivity index (χ3v) is 10.1. The van der Waals surface area contributed by atoms with E-state index in [1.54, 1.807) is 0 Å². The second kappa shape index (κ2) is 7.62. The molecule has 24 heavy (non-hydrogen) atoms. The maximum atomic E-state index is 9.58. The topological polar surface area (TPSA) is 58.1 Å². The van der Waals surface area contributed by atoms with Gasteiger partial charge in [-0.2, -0.15) is 0 Å². The predicted molar refractivity (Wildman–Crippen MR) is 102 cm³/mol. The lowest BCUT2D eigenvalue weighted by Crippen LogP contribution is -2.40. The summed E-state index contributed by atoms with van der Waals surface area (Å²) in [5.74, 6) is 0.744. The number of imidazole rings is 1. The summed E-state index contributed by atoms with van der Waals surface area (Å²) >= 11 is 7.51. The van der Waals surface area contributed by atoms with E-state index in [0.717, 1.165) is 15.7 Å². The van der Waals surface area contributed by atoms with Gasteiger partial charge in [0.2, 0.25) is 0 Å². The van der Waals surface area contributed by atoms with Crippen LogP contribution in [-0.2, 0) is 17.6 Å². The van der Waals surface area contributed by atoms with Crippen molar-refractivity contribution in [2.24, 2.45) is 0 Å². The number of nitrogens with zero attached hydrogens (tertiary/aromatic N) is 1. The van der Waals surface area contributed by atoms with E-state index in [0.29, 0.717) is 17.3 Å². The van der Waals surface area contributed by atoms with Crippen LogP contribution in [0.1, 0.15) is 32.3 Å². The first kappa shape index (κ1) is 19.5. The minimum Gasteiger partial charge on any atom is -0.409 e. The zero-order valence-corrected chi connectivity index (χ0v) is 17.4. The molecule has 0 unspecified atom stereocenters. The molecule has 1 aromatic heterocycles. The Morgan fingerprint density at radius 1 is 1.33 bits per heavy atom. The first-order chi connectivity index (χ1) is 11.1. The molecule has 0 fully saturated rings. The maximum Gasteiger partial charge on any atom is 0.192 e. The second-order valence-electron chi connectivity index (χ2n) is 7.23. The van der Waals surface area contributed by atoms with Crippen molar-refractivity contribution in [1.29, 1.82) is 0 Å². The van der Waals surface area contributed by atoms with Crippen molar-refractivity contribution < 1.29 is 9.53 Å². The van der Waals surface area contributed by atoms with Gasteiger partial charge in [0.1, 0.15) is 10.9 Å². The average Bonchev–Trinajstić information content (AvgIpc) is 2.86. The van der Waals surface area contributed by atoms with Gasteiger partial charge < -0.3 is 14.5 Å². The molecule has 0 atom stereocenters. The number of aromatic nitrogens is 2. The maximum absolute atomic E-state index is 9.58. The fraction of sp³-hybridized carbons (Fsp3) is 0.471. The number of aromatic amines is 1. The summed E-state index contributed by atoms with van der Waals surface area (Å²) < 4.78 is 6.20. The predicted octanol–water partition coefficient (Wildman–Crippen LogP) is 5.23. The average molecular weight is 385 g/mol. The van der Waals surface area contributed by atoms with E-state index in [2.05, 4.69) is 43.8 Å². The van der Waals surface area contributed by atoms with Gasteiger partial charge in [0.15, 0.2) is 8.32 Å². The monoisotopic (exact) mass is 384 g/mol. The first-order valence-corrected chi connectivity index (χ1v) is 12.0. The van der Waals surface area contributed by atoms with Gasteiger partial charge in [-0.05, 0) is 36.3 Å². The molecule has 0 saturated heterocycles. The van der Waals surface area contributed by atoms with Gasteiger partial charge in [0.25, 0.3) is 0 Å². The van der Waals surface area contributed by atoms with E-state index in [1.165, 1.54) is 11.8 Å². The van der Waals surface area contributed by atoms with Gasteiger partial charge >= 0.3 is 0 Å². The molecule has 0 spiro atoms. The summed E-state index contributed by atoms with van der Waals surface area (Å²) in [6.45, 7) is 11.4. The molecular formula is C17H25ClN2O2SSi. The summed E-state index contributed by atoms with van der Waals surface area (Å²) in [5, 5.41) is 11.2. The number of aliphatic hydroxyl groups is 1. The molecule has 0 aliphatic carbocycles. The highest BCUT2D eigenvalue weighted by molar-refractivity contribution is 7.99. The molecule has 1 aromatic carbocycles. The fourth-order valence-electron chi connectivity index (χ4n) is 1.81. The normalized spacial score (nSPS) is 12.6. The Labute approximate surface area is 154 Å². The zero-order valence-electron chi connectivity index (χ0n) is 14.8. The third-order valence-electron chi connectivity index (χ3n) is 4.33. The van der Waals surface area contributed by atoms with E-state index < -0.39 is 8.32 Å². The summed E-state index contributed by atoms with van der Waals surface area (Å²) in [5.41, 5.74) is 0.703. The first-order valence-electron chi connectivity index (χ1n) is 7.88. The van der Waals surface area contributed by atoms with Crippen molar-refractivity contribution in [3.63, 3.8) is 0 Å². The van der Waals surface area contributed by atoms with Gasteiger partial charge in [-0.1, -0.05) is 50.2 Å². The summed E-state index contributed by atoms with van der Waals surface area (Å²) in [4.78, 5) is 8.75. The highest BCUT2D eigenvalue weighted by Crippen LogP contribution is 2.37. The molecule has 2 aromatic rings. The van der Waals surface area contributed by atoms with Crippen LogP contribution in [0.3, 0.4) is 0 Å². The second-order valence-corrected chi connectivity index (χ2v) is 13.5. The van der Waals surface area contributed by atoms with Crippen molar-refractivity contribution >= 4 is 31.7 Å². The lowest BCUT2D eigenvalue weighted by molar-refractivity contribution is 0.264. The van der Waals surface area contributed by atoms with Crippen LogP contribution in [0.25, 0.3) is 0 Å². The molecule has 0 aliphatic heterocycles. The van der Waals surface area contributed by atoms with Crippen molar-refractivity contribution in [2.45, 2.75) is 62.0 Å². The van der Waals surface area contributed by atoms with Crippen LogP contribution >= 0.6 is 23.4 Å². The van der Waals surface area contributed by atoms with Crippen LogP contribution in [0.15, 0.2) is 34.2 Å². The Kier molecular flexibility index (Phi) is 6.20. The molecule has 0 saturated carbocycles. The number of aliphatic hydroxyl groups excluding tert-OH is 1. The van der Waals surface area contributed by atoms with Gasteiger partial charge in [0, 0.05) is 9.92 Å². The lowest BCUT2D eigenvalue weighted by atomic mass is 10.2. The molecule has 2 N–H and O–H groups in total. The molecule has 1 heterocycles. The number of benzene rings is 1. The Hall–Kier alpha value is -0.793. The van der Waals surface area contributed by atoms with Crippen LogP contribution < -0.4 is 0 Å². The van der Waals surface area contributed by atoms with E-state index in [-0.39, 0.29) is 11.6 Å². The van der Waals surface area contributed by atoms with Gasteiger partial charge in [-0.15, -0.1) is 0 Å². The fourth-order valence-corrected chi connectivity index (χ4v) is 3.95. The molecule has 2 rings (SSSR count). The Morgan fingerprint density at radius 2 is 2.04 bits per heavy atom. The minimum absolute atomic E-state index is 0.0873. The molecule has 7 heteroatoms. The van der Waals surface area contributed by atoms with Crippen molar-refractivity contribution in [2.75, 3.05) is 0 Å². The SMILES string of the molecule is CC(C)(C)[Si](C)(C)OCc1nc(Sc2cccc(Cl)c2)c(CO)[nH]1. The summed E-state index contributed by atoms with van der Waals surface area (Å²) in [7, 11) is -1.83. The number of H-pyrrole nitrogens is 1. The van der Waals surface area contributed by atoms with E-state index in [1.807, 2.05) is 24.3 Å². The minimum atomic E-state index is -1.83. The number of rotatable bonds is 6. The van der Waals surface area contributed by atoms with E-state index in [4.69, 9.17) is 16.0 Å². The van der Waals surface area contributed by atoms with Crippen LogP contribution in [0.5, 0.6) is 0 Å². The lowest BCUT2D eigenvalue weighted by Gasteiger charge is -2.35. The Bertz CT molecular complexity index is 698. The Morgan fingerprint density at radius 3 is 2.62 bits per heavy atom.